The van der Waals surface area contributed by atoms with Crippen LogP contribution in [-0.4, -0.2) is 55.3 Å². The van der Waals surface area contributed by atoms with E-state index in [1.165, 1.54) is 4.31 Å². The van der Waals surface area contributed by atoms with E-state index in [1.54, 1.807) is 31.2 Å². The Bertz CT molecular complexity index is 704. The molecule has 0 bridgehead atoms. The molecule has 126 valence electrons. The summed E-state index contributed by atoms with van der Waals surface area (Å²) in [6, 6.07) is 5.92. The SMILES string of the molecule is CCOc1ccccc1S(=O)(=O)N1C[C@@H]2CCCN2C(=O)[C@@H]1C. The van der Waals surface area contributed by atoms with Gasteiger partial charge in [-0.3, -0.25) is 4.79 Å². The van der Waals surface area contributed by atoms with E-state index in [0.717, 1.165) is 19.4 Å². The number of rotatable bonds is 4. The van der Waals surface area contributed by atoms with Crippen LogP contribution in [0.15, 0.2) is 29.2 Å². The number of carbonyl (C=O) groups excluding carboxylic acids is 1. The highest BCUT2D eigenvalue weighted by Gasteiger charge is 2.45. The molecular formula is C16H22N2O4S. The molecule has 23 heavy (non-hydrogen) atoms. The van der Waals surface area contributed by atoms with Crippen molar-refractivity contribution in [1.29, 1.82) is 0 Å². The second-order valence-electron chi connectivity index (χ2n) is 5.96. The summed E-state index contributed by atoms with van der Waals surface area (Å²) in [5.41, 5.74) is 0. The van der Waals surface area contributed by atoms with Crippen molar-refractivity contribution in [3.63, 3.8) is 0 Å². The third kappa shape index (κ3) is 2.72. The van der Waals surface area contributed by atoms with E-state index in [0.29, 0.717) is 18.9 Å². The molecule has 1 aromatic rings. The topological polar surface area (TPSA) is 66.9 Å². The smallest absolute Gasteiger partial charge is 0.247 e. The van der Waals surface area contributed by atoms with Gasteiger partial charge in [0, 0.05) is 19.1 Å². The zero-order valence-corrected chi connectivity index (χ0v) is 14.3. The summed E-state index contributed by atoms with van der Waals surface area (Å²) >= 11 is 0. The number of hydrogen-bond donors (Lipinski definition) is 0. The van der Waals surface area contributed by atoms with Crippen molar-refractivity contribution in [3.8, 4) is 5.75 Å². The molecule has 1 amide bonds. The van der Waals surface area contributed by atoms with Crippen LogP contribution < -0.4 is 4.74 Å². The van der Waals surface area contributed by atoms with Gasteiger partial charge in [-0.2, -0.15) is 4.31 Å². The quantitative estimate of drug-likeness (QED) is 0.834. The van der Waals surface area contributed by atoms with Crippen LogP contribution in [0.1, 0.15) is 26.7 Å². The lowest BCUT2D eigenvalue weighted by Gasteiger charge is -2.40. The molecule has 1 aromatic carbocycles. The molecule has 0 spiro atoms. The lowest BCUT2D eigenvalue weighted by atomic mass is 10.1. The molecule has 7 heteroatoms. The Morgan fingerprint density at radius 1 is 1.30 bits per heavy atom. The first-order valence-electron chi connectivity index (χ1n) is 8.01. The summed E-state index contributed by atoms with van der Waals surface area (Å²) < 4.78 is 33.0. The van der Waals surface area contributed by atoms with E-state index in [1.807, 2.05) is 11.8 Å². The van der Waals surface area contributed by atoms with Crippen LogP contribution in [0.25, 0.3) is 0 Å². The zero-order valence-electron chi connectivity index (χ0n) is 13.4. The molecule has 2 atom stereocenters. The standard InChI is InChI=1S/C16H22N2O4S/c1-3-22-14-8-4-5-9-15(14)23(20,21)18-11-13-7-6-10-17(13)16(19)12(18)2/h4-5,8-9,12-13H,3,6-7,10-11H2,1-2H3/t12-,13-/m0/s1. The molecule has 2 aliphatic rings. The minimum absolute atomic E-state index is 0.00673. The Labute approximate surface area is 137 Å². The largest absolute Gasteiger partial charge is 0.492 e. The lowest BCUT2D eigenvalue weighted by Crippen LogP contribution is -2.59. The van der Waals surface area contributed by atoms with Gasteiger partial charge in [-0.25, -0.2) is 8.42 Å². The van der Waals surface area contributed by atoms with Gasteiger partial charge in [-0.05, 0) is 38.8 Å². The fraction of sp³-hybridized carbons (Fsp3) is 0.562. The van der Waals surface area contributed by atoms with Crippen LogP contribution in [0.3, 0.4) is 0 Å². The highest BCUT2D eigenvalue weighted by molar-refractivity contribution is 7.89. The van der Waals surface area contributed by atoms with Gasteiger partial charge in [0.05, 0.1) is 6.61 Å². The first-order chi connectivity index (χ1) is 11.0. The molecule has 3 rings (SSSR count). The van der Waals surface area contributed by atoms with E-state index in [4.69, 9.17) is 4.74 Å². The Kier molecular flexibility index (Phi) is 4.33. The molecule has 6 nitrogen and oxygen atoms in total. The second kappa shape index (κ2) is 6.13. The predicted octanol–water partition coefficient (Wildman–Crippen LogP) is 1.47. The van der Waals surface area contributed by atoms with Crippen LogP contribution in [0.2, 0.25) is 0 Å². The van der Waals surface area contributed by atoms with Gasteiger partial charge in [0.15, 0.2) is 0 Å². The maximum Gasteiger partial charge on any atom is 0.247 e. The summed E-state index contributed by atoms with van der Waals surface area (Å²) in [5, 5.41) is 0. The number of para-hydroxylation sites is 1. The van der Waals surface area contributed by atoms with Crippen LogP contribution in [-0.2, 0) is 14.8 Å². The van der Waals surface area contributed by atoms with Crippen molar-refractivity contribution in [2.45, 2.75) is 43.7 Å². The Morgan fingerprint density at radius 2 is 2.04 bits per heavy atom. The number of fused-ring (bicyclic) bond motifs is 1. The van der Waals surface area contributed by atoms with Crippen LogP contribution in [0.4, 0.5) is 0 Å². The molecule has 2 saturated heterocycles. The van der Waals surface area contributed by atoms with E-state index in [-0.39, 0.29) is 16.8 Å². The normalized spacial score (nSPS) is 25.5. The van der Waals surface area contributed by atoms with Gasteiger partial charge in [0.1, 0.15) is 16.7 Å². The number of carbonyl (C=O) groups is 1. The number of nitrogens with zero attached hydrogens (tertiary/aromatic N) is 2. The highest BCUT2D eigenvalue weighted by atomic mass is 32.2. The number of amides is 1. The molecule has 0 saturated carbocycles. The summed E-state index contributed by atoms with van der Waals surface area (Å²) in [4.78, 5) is 14.5. The average Bonchev–Trinajstić information content (AvgIpc) is 3.00. The van der Waals surface area contributed by atoms with E-state index < -0.39 is 16.1 Å². The molecule has 0 aliphatic carbocycles. The number of piperazine rings is 1. The van der Waals surface area contributed by atoms with Gasteiger partial charge < -0.3 is 9.64 Å². The van der Waals surface area contributed by atoms with Gasteiger partial charge in [-0.1, -0.05) is 12.1 Å². The number of benzene rings is 1. The van der Waals surface area contributed by atoms with Crippen molar-refractivity contribution < 1.29 is 17.9 Å². The zero-order chi connectivity index (χ0) is 16.6. The second-order valence-corrected chi connectivity index (χ2v) is 7.82. The first kappa shape index (κ1) is 16.3. The molecule has 0 N–H and O–H groups in total. The van der Waals surface area contributed by atoms with Crippen molar-refractivity contribution in [1.82, 2.24) is 9.21 Å². The van der Waals surface area contributed by atoms with Gasteiger partial charge in [-0.15, -0.1) is 0 Å². The molecule has 2 aliphatic heterocycles. The molecule has 0 aromatic heterocycles. The van der Waals surface area contributed by atoms with E-state index in [9.17, 15) is 13.2 Å². The maximum atomic E-state index is 13.1. The fourth-order valence-corrected chi connectivity index (χ4v) is 5.17. The van der Waals surface area contributed by atoms with Crippen molar-refractivity contribution in [3.05, 3.63) is 24.3 Å². The van der Waals surface area contributed by atoms with Crippen molar-refractivity contribution in [2.75, 3.05) is 19.7 Å². The first-order valence-corrected chi connectivity index (χ1v) is 9.45. The summed E-state index contributed by atoms with van der Waals surface area (Å²) in [6.07, 6.45) is 1.80. The molecule has 0 radical (unpaired) electrons. The predicted molar refractivity (Wildman–Crippen MR) is 85.7 cm³/mol. The highest BCUT2D eigenvalue weighted by Crippen LogP contribution is 2.33. The molecular weight excluding hydrogens is 316 g/mol. The molecule has 0 unspecified atom stereocenters. The number of ether oxygens (including phenoxy) is 1. The Hall–Kier alpha value is -1.60. The van der Waals surface area contributed by atoms with E-state index >= 15 is 0 Å². The third-order valence-electron chi connectivity index (χ3n) is 4.58. The number of sulfonamides is 1. The van der Waals surface area contributed by atoms with Crippen LogP contribution in [0.5, 0.6) is 5.75 Å². The van der Waals surface area contributed by atoms with Gasteiger partial charge in [0.25, 0.3) is 0 Å². The van der Waals surface area contributed by atoms with Crippen molar-refractivity contribution in [2.24, 2.45) is 0 Å². The van der Waals surface area contributed by atoms with Gasteiger partial charge in [0.2, 0.25) is 15.9 Å². The summed E-state index contributed by atoms with van der Waals surface area (Å²) in [5.74, 6) is 0.236. The summed E-state index contributed by atoms with van der Waals surface area (Å²) in [7, 11) is -3.77. The van der Waals surface area contributed by atoms with E-state index in [2.05, 4.69) is 0 Å². The molecule has 2 heterocycles. The minimum Gasteiger partial charge on any atom is -0.492 e. The van der Waals surface area contributed by atoms with Crippen LogP contribution in [0, 0.1) is 0 Å². The minimum atomic E-state index is -3.77. The summed E-state index contributed by atoms with van der Waals surface area (Å²) in [6.45, 7) is 4.95. The van der Waals surface area contributed by atoms with Crippen LogP contribution >= 0.6 is 0 Å². The lowest BCUT2D eigenvalue weighted by molar-refractivity contribution is -0.139. The Morgan fingerprint density at radius 3 is 2.78 bits per heavy atom. The maximum absolute atomic E-state index is 13.1. The molecule has 2 fully saturated rings. The van der Waals surface area contributed by atoms with Gasteiger partial charge >= 0.3 is 0 Å². The fourth-order valence-electron chi connectivity index (χ4n) is 3.42. The third-order valence-corrected chi connectivity index (χ3v) is 6.55. The van der Waals surface area contributed by atoms with Crippen molar-refractivity contribution >= 4 is 15.9 Å². The monoisotopic (exact) mass is 338 g/mol. The Balaban J connectivity index is 1.98. The number of hydrogen-bond acceptors (Lipinski definition) is 4. The average molecular weight is 338 g/mol.